The van der Waals surface area contributed by atoms with Gasteiger partial charge >= 0.3 is 5.97 Å². The number of esters is 1. The Labute approximate surface area is 226 Å². The third-order valence-corrected chi connectivity index (χ3v) is 6.21. The number of nitro groups is 1. The van der Waals surface area contributed by atoms with E-state index in [0.717, 1.165) is 10.9 Å². The summed E-state index contributed by atoms with van der Waals surface area (Å²) < 4.78 is 5.47. The topological polar surface area (TPSA) is 127 Å². The van der Waals surface area contributed by atoms with E-state index in [4.69, 9.17) is 16.3 Å². The number of ether oxygens (including phenoxy) is 1. The number of rotatable bonds is 7. The molecule has 10 heteroatoms. The first-order chi connectivity index (χ1) is 18.9. The normalized spacial score (nSPS) is 11.0. The standard InChI is InChI=1S/C29H19ClN4O5/c30-23-10-4-2-8-21(23)26-22-9-3-5-11-24(22)32-27(26)28(35)33-31-17-19-7-1-6-12-25(19)39-29(36)18-13-15-20(16-14-18)34(37)38/h1-17,32H,(H,33,35). The molecule has 0 radical (unpaired) electrons. The Bertz CT molecular complexity index is 1740. The van der Waals surface area contributed by atoms with E-state index in [9.17, 15) is 19.7 Å². The van der Waals surface area contributed by atoms with Crippen LogP contribution >= 0.6 is 11.6 Å². The highest BCUT2D eigenvalue weighted by atomic mass is 35.5. The molecule has 0 spiro atoms. The Balaban J connectivity index is 1.37. The van der Waals surface area contributed by atoms with Crippen molar-refractivity contribution in [3.8, 4) is 16.9 Å². The second-order valence-corrected chi connectivity index (χ2v) is 8.74. The average Bonchev–Trinajstić information content (AvgIpc) is 3.34. The summed E-state index contributed by atoms with van der Waals surface area (Å²) in [4.78, 5) is 39.2. The second-order valence-electron chi connectivity index (χ2n) is 8.33. The molecule has 1 heterocycles. The van der Waals surface area contributed by atoms with Crippen LogP contribution in [0.5, 0.6) is 5.75 Å². The molecule has 1 amide bonds. The number of nitrogens with one attached hydrogen (secondary N) is 2. The molecule has 5 aromatic rings. The van der Waals surface area contributed by atoms with Gasteiger partial charge in [0.1, 0.15) is 11.4 Å². The van der Waals surface area contributed by atoms with E-state index in [0.29, 0.717) is 27.4 Å². The number of hydrazone groups is 1. The van der Waals surface area contributed by atoms with Crippen molar-refractivity contribution in [2.75, 3.05) is 0 Å². The molecule has 0 bridgehead atoms. The van der Waals surface area contributed by atoms with Crippen LogP contribution < -0.4 is 10.2 Å². The van der Waals surface area contributed by atoms with Gasteiger partial charge in [0.05, 0.1) is 16.7 Å². The SMILES string of the molecule is O=C(Oc1ccccc1C=NNC(=O)c1[nH]c2ccccc2c1-c1ccccc1Cl)c1ccc([N+](=O)[O-])cc1. The molecule has 1 aromatic heterocycles. The van der Waals surface area contributed by atoms with Crippen molar-refractivity contribution in [1.29, 1.82) is 0 Å². The Morgan fingerprint density at radius 3 is 2.38 bits per heavy atom. The van der Waals surface area contributed by atoms with Crippen LogP contribution in [0.4, 0.5) is 5.69 Å². The van der Waals surface area contributed by atoms with Gasteiger partial charge < -0.3 is 9.72 Å². The minimum Gasteiger partial charge on any atom is -0.422 e. The van der Waals surface area contributed by atoms with Gasteiger partial charge in [-0.05, 0) is 36.4 Å². The minimum atomic E-state index is -0.697. The number of fused-ring (bicyclic) bond motifs is 1. The van der Waals surface area contributed by atoms with E-state index in [1.54, 1.807) is 30.3 Å². The molecule has 0 unspecified atom stereocenters. The van der Waals surface area contributed by atoms with Gasteiger partial charge in [0.15, 0.2) is 0 Å². The van der Waals surface area contributed by atoms with E-state index >= 15 is 0 Å². The summed E-state index contributed by atoms with van der Waals surface area (Å²) in [6.07, 6.45) is 1.36. The minimum absolute atomic E-state index is 0.137. The molecular weight excluding hydrogens is 520 g/mol. The third kappa shape index (κ3) is 5.39. The van der Waals surface area contributed by atoms with Gasteiger partial charge in [-0.1, -0.05) is 60.1 Å². The summed E-state index contributed by atoms with van der Waals surface area (Å²) in [7, 11) is 0. The number of nitro benzene ring substituents is 1. The van der Waals surface area contributed by atoms with Crippen LogP contribution in [-0.4, -0.2) is 28.0 Å². The van der Waals surface area contributed by atoms with Crippen molar-refractivity contribution in [3.63, 3.8) is 0 Å². The molecule has 0 aliphatic heterocycles. The fourth-order valence-electron chi connectivity index (χ4n) is 4.03. The summed E-state index contributed by atoms with van der Waals surface area (Å²) >= 11 is 6.46. The first kappa shape index (κ1) is 25.4. The van der Waals surface area contributed by atoms with Gasteiger partial charge in [0, 0.05) is 44.7 Å². The molecule has 0 fully saturated rings. The molecule has 4 aromatic carbocycles. The van der Waals surface area contributed by atoms with Gasteiger partial charge in [0.25, 0.3) is 11.6 Å². The molecule has 0 aliphatic carbocycles. The van der Waals surface area contributed by atoms with Crippen molar-refractivity contribution >= 4 is 46.3 Å². The lowest BCUT2D eigenvalue weighted by atomic mass is 10.0. The average molecular weight is 539 g/mol. The molecule has 192 valence electrons. The number of para-hydroxylation sites is 2. The van der Waals surface area contributed by atoms with Crippen LogP contribution in [0.3, 0.4) is 0 Å². The zero-order chi connectivity index (χ0) is 27.4. The van der Waals surface area contributed by atoms with E-state index in [1.807, 2.05) is 42.5 Å². The van der Waals surface area contributed by atoms with Crippen LogP contribution in [0.1, 0.15) is 26.4 Å². The van der Waals surface area contributed by atoms with E-state index in [-0.39, 0.29) is 17.0 Å². The van der Waals surface area contributed by atoms with Crippen LogP contribution in [0.15, 0.2) is 102 Å². The van der Waals surface area contributed by atoms with Gasteiger partial charge in [-0.3, -0.25) is 14.9 Å². The number of carbonyl (C=O) groups is 2. The Hall–Kier alpha value is -5.28. The van der Waals surface area contributed by atoms with E-state index < -0.39 is 16.8 Å². The molecule has 39 heavy (non-hydrogen) atoms. The van der Waals surface area contributed by atoms with Crippen LogP contribution in [-0.2, 0) is 0 Å². The molecule has 9 nitrogen and oxygen atoms in total. The summed E-state index contributed by atoms with van der Waals surface area (Å²) in [5, 5.41) is 16.3. The number of non-ortho nitro benzene ring substituents is 1. The maximum absolute atomic E-state index is 13.2. The highest BCUT2D eigenvalue weighted by Crippen LogP contribution is 2.36. The van der Waals surface area contributed by atoms with Crippen LogP contribution in [0, 0.1) is 10.1 Å². The lowest BCUT2D eigenvalue weighted by Crippen LogP contribution is -2.19. The molecule has 5 rings (SSSR count). The second kappa shape index (κ2) is 11.0. The number of hydrogen-bond donors (Lipinski definition) is 2. The molecule has 0 saturated heterocycles. The first-order valence-electron chi connectivity index (χ1n) is 11.7. The number of H-pyrrole nitrogens is 1. The molecule has 2 N–H and O–H groups in total. The smallest absolute Gasteiger partial charge is 0.343 e. The monoisotopic (exact) mass is 538 g/mol. The molecule has 0 aliphatic rings. The van der Waals surface area contributed by atoms with Crippen LogP contribution in [0.25, 0.3) is 22.0 Å². The summed E-state index contributed by atoms with van der Waals surface area (Å²) in [5.74, 6) is -0.990. The highest BCUT2D eigenvalue weighted by molar-refractivity contribution is 6.34. The largest absolute Gasteiger partial charge is 0.422 e. The van der Waals surface area contributed by atoms with Crippen molar-refractivity contribution in [2.45, 2.75) is 0 Å². The first-order valence-corrected chi connectivity index (χ1v) is 12.0. The van der Waals surface area contributed by atoms with Gasteiger partial charge in [-0.25, -0.2) is 10.2 Å². The molecule has 0 atom stereocenters. The fourth-order valence-corrected chi connectivity index (χ4v) is 4.26. The number of aromatic amines is 1. The number of nitrogens with zero attached hydrogens (tertiary/aromatic N) is 2. The number of carbonyl (C=O) groups excluding carboxylic acids is 2. The predicted molar refractivity (Wildman–Crippen MR) is 148 cm³/mol. The number of benzene rings is 4. The predicted octanol–water partition coefficient (Wildman–Crippen LogP) is 6.38. The van der Waals surface area contributed by atoms with Crippen molar-refractivity contribution in [1.82, 2.24) is 10.4 Å². The summed E-state index contributed by atoms with van der Waals surface area (Å²) in [5.41, 5.74) is 5.37. The fraction of sp³-hybridized carbons (Fsp3) is 0. The van der Waals surface area contributed by atoms with E-state index in [1.165, 1.54) is 30.5 Å². The molecule has 0 saturated carbocycles. The van der Waals surface area contributed by atoms with Crippen molar-refractivity contribution in [2.24, 2.45) is 5.10 Å². The van der Waals surface area contributed by atoms with Crippen molar-refractivity contribution in [3.05, 3.63) is 129 Å². The van der Waals surface area contributed by atoms with Gasteiger partial charge in [-0.2, -0.15) is 5.10 Å². The number of halogens is 1. The Morgan fingerprint density at radius 1 is 0.923 bits per heavy atom. The quantitative estimate of drug-likeness (QED) is 0.0817. The highest BCUT2D eigenvalue weighted by Gasteiger charge is 2.20. The summed E-state index contributed by atoms with van der Waals surface area (Å²) in [6, 6.07) is 26.5. The van der Waals surface area contributed by atoms with E-state index in [2.05, 4.69) is 15.5 Å². The number of amides is 1. The Morgan fingerprint density at radius 2 is 1.62 bits per heavy atom. The maximum Gasteiger partial charge on any atom is 0.343 e. The van der Waals surface area contributed by atoms with Gasteiger partial charge in [-0.15, -0.1) is 0 Å². The molecular formula is C29H19ClN4O5. The summed E-state index contributed by atoms with van der Waals surface area (Å²) in [6.45, 7) is 0. The lowest BCUT2D eigenvalue weighted by molar-refractivity contribution is -0.384. The zero-order valence-corrected chi connectivity index (χ0v) is 20.9. The third-order valence-electron chi connectivity index (χ3n) is 5.88. The lowest BCUT2D eigenvalue weighted by Gasteiger charge is -2.08. The van der Waals surface area contributed by atoms with Crippen molar-refractivity contribution < 1.29 is 19.2 Å². The zero-order valence-electron chi connectivity index (χ0n) is 20.1. The van der Waals surface area contributed by atoms with Crippen LogP contribution in [0.2, 0.25) is 5.02 Å². The number of hydrogen-bond acceptors (Lipinski definition) is 6. The maximum atomic E-state index is 13.2. The van der Waals surface area contributed by atoms with Gasteiger partial charge in [0.2, 0.25) is 0 Å². The Kier molecular flexibility index (Phi) is 7.15. The number of aromatic nitrogens is 1.